The van der Waals surface area contributed by atoms with E-state index in [0.717, 1.165) is 102 Å². The van der Waals surface area contributed by atoms with E-state index in [1.54, 1.807) is 110 Å². The number of carbonyl (C=O) groups excluding carboxylic acids is 1. The summed E-state index contributed by atoms with van der Waals surface area (Å²) < 4.78 is 164. The minimum atomic E-state index is -3.87. The molecule has 11 N–H and O–H groups in total. The van der Waals surface area contributed by atoms with Crippen LogP contribution in [0.1, 0.15) is 220 Å². The van der Waals surface area contributed by atoms with E-state index in [9.17, 15) is 56.0 Å². The zero-order chi connectivity index (χ0) is 92.7. The van der Waals surface area contributed by atoms with Gasteiger partial charge in [-0.15, -0.1) is 16.0 Å². The van der Waals surface area contributed by atoms with Crippen molar-refractivity contribution >= 4 is 107 Å². The number of anilines is 1. The number of nitrogens with one attached hydrogen (secondary N) is 6. The maximum absolute atomic E-state index is 14.5. The Balaban J connectivity index is 0.000000557. The summed E-state index contributed by atoms with van der Waals surface area (Å²) in [5.74, 6) is 0.908. The largest absolute Gasteiger partial charge is 1.00 e. The van der Waals surface area contributed by atoms with E-state index < -0.39 is 113 Å². The van der Waals surface area contributed by atoms with Gasteiger partial charge in [-0.25, -0.2) is 53.4 Å². The van der Waals surface area contributed by atoms with Crippen LogP contribution in [0.5, 0.6) is 0 Å². The molecule has 42 heteroatoms. The zero-order valence-electron chi connectivity index (χ0n) is 73.8. The first-order valence-electron chi connectivity index (χ1n) is 40.3. The van der Waals surface area contributed by atoms with Crippen molar-refractivity contribution in [2.75, 3.05) is 31.6 Å². The van der Waals surface area contributed by atoms with E-state index >= 15 is 0 Å². The second-order valence-corrected chi connectivity index (χ2v) is 42.3. The molecule has 0 amide bonds. The fourth-order valence-electron chi connectivity index (χ4n) is 13.4. The number of sulfonamides is 1. The van der Waals surface area contributed by atoms with Crippen molar-refractivity contribution in [3.63, 3.8) is 0 Å². The number of benzene rings is 4. The SMILES string of the molecule is C.C.CC(C)(C)[S@@](=O)NC(CCC1CC1)(c1ccncc1)c1ccc(F)c(COOC=N)c1.CC(C)(C)[S@@](=O)NC(CCC1CC1)(c1ccncc1)c1ccc(F)c(N)c1.COC(=O)Cl.CS(=O)(=O)NC(CCC1CC1)(c1ccncc1)c1ccc(F)c(COOC=N)c1.CS(=O)(=O)OS(C)(=O)=O.Cl.N=COOCc1cc(C(N)(CCC2CC2)c2ccncc2)ccc1F.[Na+].[OH-]. The predicted molar refractivity (Wildman–Crippen MR) is 498 cm³/mol. The number of carbonyl (C=O) groups is 1. The molecule has 0 spiro atoms. The van der Waals surface area contributed by atoms with Crippen molar-refractivity contribution in [3.05, 3.63) is 255 Å². The van der Waals surface area contributed by atoms with Gasteiger partial charge in [-0.05, 0) is 258 Å². The Morgan fingerprint density at radius 2 is 0.733 bits per heavy atom. The first-order valence-corrected chi connectivity index (χ1v) is 48.5. The van der Waals surface area contributed by atoms with E-state index in [4.69, 9.17) is 42.4 Å². The third kappa shape index (κ3) is 39.6. The van der Waals surface area contributed by atoms with E-state index in [1.807, 2.05) is 77.9 Å². The van der Waals surface area contributed by atoms with Crippen LogP contribution >= 0.6 is 24.0 Å². The Morgan fingerprint density at radius 3 is 1.01 bits per heavy atom. The normalized spacial score (nSPS) is 15.6. The molecule has 8 aromatic rings. The molecule has 0 radical (unpaired) electrons. The molecular formula is C89H123Cl2F4N12NaO18S5. The second-order valence-electron chi connectivity index (χ2n) is 32.9. The first kappa shape index (κ1) is 119. The number of methoxy groups -OCH3 is 1. The van der Waals surface area contributed by atoms with Crippen LogP contribution in [0.3, 0.4) is 0 Å². The molecule has 4 aromatic carbocycles. The van der Waals surface area contributed by atoms with Gasteiger partial charge in [-0.1, -0.05) is 90.5 Å². The van der Waals surface area contributed by atoms with Crippen LogP contribution < -0.4 is 55.2 Å². The van der Waals surface area contributed by atoms with Crippen LogP contribution in [0.25, 0.3) is 0 Å². The Morgan fingerprint density at radius 1 is 0.466 bits per heavy atom. The van der Waals surface area contributed by atoms with E-state index in [0.29, 0.717) is 79.0 Å². The van der Waals surface area contributed by atoms with Crippen molar-refractivity contribution in [1.29, 1.82) is 16.2 Å². The fraction of sp³-hybridized carbons (Fsp3) is 0.461. The maximum Gasteiger partial charge on any atom is 1.00 e. The summed E-state index contributed by atoms with van der Waals surface area (Å²) in [6.45, 7) is 11.1. The molecule has 0 saturated heterocycles. The third-order valence-electron chi connectivity index (χ3n) is 20.8. The molecular weight excluding hydrogens is 1860 g/mol. The van der Waals surface area contributed by atoms with Gasteiger partial charge in [0.15, 0.2) is 0 Å². The van der Waals surface area contributed by atoms with Gasteiger partial charge in [0.05, 0.1) is 85.2 Å². The quantitative estimate of drug-likeness (QED) is 0.00203. The Bertz CT molecular complexity index is 5260. The van der Waals surface area contributed by atoms with Crippen LogP contribution in [0.15, 0.2) is 171 Å². The topological polar surface area (TPSA) is 469 Å². The van der Waals surface area contributed by atoms with E-state index in [1.165, 1.54) is 69.9 Å². The van der Waals surface area contributed by atoms with Crippen LogP contribution in [0.2, 0.25) is 0 Å². The number of hydrogen-bond donors (Lipinski definition) is 8. The molecule has 720 valence electrons. The van der Waals surface area contributed by atoms with Crippen LogP contribution in [0.4, 0.5) is 28.0 Å². The monoisotopic (exact) mass is 1980 g/mol. The molecule has 30 nitrogen and oxygen atoms in total. The number of nitrogens with two attached hydrogens (primary N) is 2. The van der Waals surface area contributed by atoms with Crippen molar-refractivity contribution < 1.29 is 129 Å². The average molecular weight is 1980 g/mol. The molecule has 0 aliphatic heterocycles. The summed E-state index contributed by atoms with van der Waals surface area (Å²) in [5.41, 5.74) is 16.2. The minimum absolute atomic E-state index is 0. The molecule has 131 heavy (non-hydrogen) atoms. The van der Waals surface area contributed by atoms with Gasteiger partial charge in [0.2, 0.25) is 29.2 Å². The second kappa shape index (κ2) is 55.3. The number of aromatic nitrogens is 4. The maximum atomic E-state index is 14.5. The van der Waals surface area contributed by atoms with Gasteiger partial charge in [0, 0.05) is 77.9 Å². The molecule has 12 rings (SSSR count). The predicted octanol–water partition coefficient (Wildman–Crippen LogP) is 14.4. The van der Waals surface area contributed by atoms with Gasteiger partial charge in [0.25, 0.3) is 20.2 Å². The number of halogens is 6. The van der Waals surface area contributed by atoms with Crippen LogP contribution in [-0.2, 0) is 132 Å². The average Bonchev–Trinajstić information content (AvgIpc) is 1.76. The number of rotatable bonds is 40. The van der Waals surface area contributed by atoms with Gasteiger partial charge < -0.3 is 36.3 Å². The molecule has 6 atom stereocenters. The number of nitrogen functional groups attached to an aromatic ring is 1. The molecule has 4 aliphatic rings. The summed E-state index contributed by atoms with van der Waals surface area (Å²) in [4.78, 5) is 53.6. The number of ether oxygens (including phenoxy) is 1. The van der Waals surface area contributed by atoms with Crippen molar-refractivity contribution in [2.45, 2.75) is 211 Å². The summed E-state index contributed by atoms with van der Waals surface area (Å²) in [5, 5.41) is 20.5. The van der Waals surface area contributed by atoms with Gasteiger partial charge in [-0.2, -0.15) is 31.5 Å². The van der Waals surface area contributed by atoms with Gasteiger partial charge in [0.1, 0.15) is 43.1 Å². The summed E-state index contributed by atoms with van der Waals surface area (Å²) in [7, 11) is -12.8. The molecule has 0 bridgehead atoms. The zero-order valence-corrected chi connectivity index (χ0v) is 81.5. The Labute approximate surface area is 806 Å². The van der Waals surface area contributed by atoms with Gasteiger partial charge in [-0.3, -0.25) is 36.2 Å². The molecule has 4 heterocycles. The van der Waals surface area contributed by atoms with Crippen LogP contribution in [-0.4, -0.2) is 119 Å². The first-order chi connectivity index (χ1) is 59.4. The van der Waals surface area contributed by atoms with Crippen molar-refractivity contribution in [3.8, 4) is 0 Å². The van der Waals surface area contributed by atoms with Crippen molar-refractivity contribution in [2.24, 2.45) is 29.4 Å². The smallest absolute Gasteiger partial charge is 0.870 e. The number of pyridine rings is 4. The van der Waals surface area contributed by atoms with Crippen LogP contribution in [0, 0.1) is 63.2 Å². The molecule has 4 unspecified atom stereocenters. The molecule has 4 saturated carbocycles. The van der Waals surface area contributed by atoms with Gasteiger partial charge >= 0.3 is 35.0 Å². The Kier molecular flexibility index (Phi) is 50.4. The number of nitrogens with zero attached hydrogens (tertiary/aromatic N) is 4. The minimum Gasteiger partial charge on any atom is -0.870 e. The molecule has 4 aromatic heterocycles. The third-order valence-corrected chi connectivity index (χ3v) is 26.9. The molecule has 4 aliphatic carbocycles. The van der Waals surface area contributed by atoms with Crippen molar-refractivity contribution in [1.82, 2.24) is 34.1 Å². The summed E-state index contributed by atoms with van der Waals surface area (Å²) in [6, 6.07) is 34.0. The fourth-order valence-corrected chi connectivity index (χ4v) is 18.1. The summed E-state index contributed by atoms with van der Waals surface area (Å²) in [6.07, 6.45) is 34.2. The number of hydrogen-bond acceptors (Lipinski definition) is 27. The summed E-state index contributed by atoms with van der Waals surface area (Å²) >= 11 is 4.60. The standard InChI is InChI=1S/C23H30FN3O3S.C21H28FN3OS.C20H24FN3O4S.C19H22FN3O2.C2H3ClO2.C2H6O5S2.2CH4.ClH.Na.H2O/c1-22(2,3)31(28)27-23(11-8-17-4-5-17,19-9-12-26-13-10-19)20-6-7-21(24)18(14-20)15-29-30-16-25;1-20(2,3)27(26)25-21(11-8-15-4-5-15,16-9-12-24-13-10-16)17-6-7-18(22)19(23)14-17;1-29(25,26)24-20(9-6-15-2-3-15,17-7-10-23-11-8-17)18-4-5-19(21)16(12-18)13-27-28-14-22;20-18-4-3-17(11-15(18)12-24-25-13-21)19(22,8-5-14-1-2-14)16-6-9-23-10-7-16;1-5-2(3)4;1-8(3,4)7-9(2,5)6;;;;;/h6-7,9-10,12-14,16-17,25,27H,4-5,8,11,15H2,1-3H3;6-7,9-10,12-15,25H,4-5,8,11,23H2,1-3H3;4-5,7-8,10-12,14-15,22,24H,2-3,6,9,13H2,1H3;3-4,6-7,9-11,13-14,21H,1-2,5,8,12,22H2;1H3;1-2H3;2*1H4;1H;;1H2/q;;;;;;;;;+1;/p-1/t23?,31-;21?,27-;;;;;;;;;/m11........./s1. The van der Waals surface area contributed by atoms with E-state index in [-0.39, 0.29) is 93.4 Å². The molecule has 4 fully saturated rings. The van der Waals surface area contributed by atoms with E-state index in [2.05, 4.69) is 68.7 Å². The Hall–Kier alpha value is -7.75.